The van der Waals surface area contributed by atoms with Gasteiger partial charge in [-0.2, -0.15) is 13.2 Å². The maximum absolute atomic E-state index is 11.7. The number of likely N-dealkylation sites (N-methyl/N-ethyl adjacent to an activating group) is 1. The van der Waals surface area contributed by atoms with Crippen molar-refractivity contribution in [2.75, 3.05) is 20.1 Å². The normalized spacial score (nSPS) is 13.6. The minimum absolute atomic E-state index is 0.204. The van der Waals surface area contributed by atoms with E-state index in [-0.39, 0.29) is 12.6 Å². The summed E-state index contributed by atoms with van der Waals surface area (Å²) in [4.78, 5) is 12.2. The molecule has 4 nitrogen and oxygen atoms in total. The number of urea groups is 1. The lowest BCUT2D eigenvalue weighted by molar-refractivity contribution is -0.123. The zero-order valence-electron chi connectivity index (χ0n) is 8.06. The Balaban J connectivity index is 3.97. The lowest BCUT2D eigenvalue weighted by Gasteiger charge is -2.24. The van der Waals surface area contributed by atoms with Crippen molar-refractivity contribution in [2.24, 2.45) is 5.73 Å². The number of alkyl halides is 3. The van der Waals surface area contributed by atoms with Gasteiger partial charge in [0.15, 0.2) is 0 Å². The van der Waals surface area contributed by atoms with E-state index in [1.807, 2.05) is 0 Å². The molecule has 0 radical (unpaired) electrons. The molecule has 0 aliphatic rings. The number of amides is 2. The minimum Gasteiger partial charge on any atom is -0.329 e. The summed E-state index contributed by atoms with van der Waals surface area (Å²) in [5, 5.41) is 1.74. The third kappa shape index (κ3) is 4.90. The van der Waals surface area contributed by atoms with Gasteiger partial charge in [-0.25, -0.2) is 4.79 Å². The molecule has 0 aromatic carbocycles. The summed E-state index contributed by atoms with van der Waals surface area (Å²) < 4.78 is 35.1. The highest BCUT2D eigenvalue weighted by molar-refractivity contribution is 5.74. The van der Waals surface area contributed by atoms with Crippen LogP contribution in [-0.4, -0.2) is 43.3 Å². The van der Waals surface area contributed by atoms with Gasteiger partial charge in [0.1, 0.15) is 6.54 Å². The highest BCUT2D eigenvalue weighted by Crippen LogP contribution is 2.12. The van der Waals surface area contributed by atoms with Crippen molar-refractivity contribution in [1.82, 2.24) is 10.2 Å². The average molecular weight is 213 g/mol. The van der Waals surface area contributed by atoms with E-state index in [0.29, 0.717) is 0 Å². The molecule has 2 amide bonds. The average Bonchev–Trinajstić information content (AvgIpc) is 2.10. The van der Waals surface area contributed by atoms with E-state index >= 15 is 0 Å². The van der Waals surface area contributed by atoms with Gasteiger partial charge in [0.2, 0.25) is 0 Å². The molecule has 0 heterocycles. The van der Waals surface area contributed by atoms with Crippen LogP contribution in [0.3, 0.4) is 0 Å². The number of carbonyl (C=O) groups excluding carboxylic acids is 1. The van der Waals surface area contributed by atoms with Crippen LogP contribution in [0.25, 0.3) is 0 Å². The summed E-state index contributed by atoms with van der Waals surface area (Å²) in [6.07, 6.45) is -4.39. The lowest BCUT2D eigenvalue weighted by atomic mass is 10.3. The number of nitrogens with two attached hydrogens (primary N) is 1. The first kappa shape index (κ1) is 13.0. The molecular formula is C7H14F3N3O. The maximum atomic E-state index is 11.7. The zero-order chi connectivity index (χ0) is 11.4. The van der Waals surface area contributed by atoms with E-state index in [2.05, 4.69) is 0 Å². The molecule has 0 aromatic heterocycles. The summed E-state index contributed by atoms with van der Waals surface area (Å²) in [6.45, 7) is 0.524. The van der Waals surface area contributed by atoms with Crippen molar-refractivity contribution < 1.29 is 18.0 Å². The fourth-order valence-electron chi connectivity index (χ4n) is 0.659. The molecule has 0 rings (SSSR count). The first-order valence-electron chi connectivity index (χ1n) is 4.05. The molecule has 0 spiro atoms. The van der Waals surface area contributed by atoms with Crippen LogP contribution in [0.4, 0.5) is 18.0 Å². The molecule has 1 atom stereocenters. The van der Waals surface area contributed by atoms with Crippen LogP contribution in [0, 0.1) is 0 Å². The van der Waals surface area contributed by atoms with Crippen LogP contribution in [-0.2, 0) is 0 Å². The number of nitrogens with zero attached hydrogens (tertiary/aromatic N) is 1. The van der Waals surface area contributed by atoms with Crippen LogP contribution >= 0.6 is 0 Å². The van der Waals surface area contributed by atoms with Gasteiger partial charge in [-0.15, -0.1) is 0 Å². The molecule has 0 fully saturated rings. The summed E-state index contributed by atoms with van der Waals surface area (Å²) >= 11 is 0. The fraction of sp³-hybridized carbons (Fsp3) is 0.857. The van der Waals surface area contributed by atoms with Gasteiger partial charge in [0, 0.05) is 19.6 Å². The van der Waals surface area contributed by atoms with Gasteiger partial charge in [-0.05, 0) is 6.92 Å². The molecule has 84 valence electrons. The quantitative estimate of drug-likeness (QED) is 0.718. The molecular weight excluding hydrogens is 199 g/mol. The minimum atomic E-state index is -4.39. The van der Waals surface area contributed by atoms with Gasteiger partial charge < -0.3 is 16.0 Å². The summed E-state index contributed by atoms with van der Waals surface area (Å²) in [7, 11) is 1.39. The Labute approximate surface area is 80.2 Å². The van der Waals surface area contributed by atoms with Gasteiger partial charge in [-0.3, -0.25) is 0 Å². The van der Waals surface area contributed by atoms with Gasteiger partial charge in [0.05, 0.1) is 0 Å². The predicted molar refractivity (Wildman–Crippen MR) is 45.7 cm³/mol. The highest BCUT2D eigenvalue weighted by atomic mass is 19.4. The fourth-order valence-corrected chi connectivity index (χ4v) is 0.659. The number of rotatable bonds is 3. The molecule has 0 saturated carbocycles. The number of hydrogen-bond acceptors (Lipinski definition) is 2. The van der Waals surface area contributed by atoms with E-state index < -0.39 is 18.8 Å². The second kappa shape index (κ2) is 5.04. The van der Waals surface area contributed by atoms with Crippen LogP contribution in [0.1, 0.15) is 6.92 Å². The second-order valence-electron chi connectivity index (χ2n) is 2.97. The van der Waals surface area contributed by atoms with E-state index in [1.165, 1.54) is 7.05 Å². The van der Waals surface area contributed by atoms with Crippen molar-refractivity contribution in [3.05, 3.63) is 0 Å². The first-order valence-corrected chi connectivity index (χ1v) is 4.05. The number of carbonyl (C=O) groups is 1. The molecule has 0 bridgehead atoms. The Morgan fingerprint density at radius 2 is 2.07 bits per heavy atom. The van der Waals surface area contributed by atoms with Crippen LogP contribution < -0.4 is 11.1 Å². The standard InChI is InChI=1S/C7H14F3N3O/c1-5(3-11)13(2)6(14)12-4-7(8,9)10/h5H,3-4,11H2,1-2H3,(H,12,14). The third-order valence-corrected chi connectivity index (χ3v) is 1.76. The van der Waals surface area contributed by atoms with Crippen molar-refractivity contribution in [2.45, 2.75) is 19.1 Å². The number of halogens is 3. The third-order valence-electron chi connectivity index (χ3n) is 1.76. The molecule has 1 unspecified atom stereocenters. The zero-order valence-corrected chi connectivity index (χ0v) is 8.06. The predicted octanol–water partition coefficient (Wildman–Crippen LogP) is 0.537. The summed E-state index contributed by atoms with van der Waals surface area (Å²) in [6, 6.07) is -1.07. The molecule has 7 heteroatoms. The van der Waals surface area contributed by atoms with Crippen LogP contribution in [0.5, 0.6) is 0 Å². The Morgan fingerprint density at radius 1 is 1.57 bits per heavy atom. The molecule has 0 aliphatic carbocycles. The lowest BCUT2D eigenvalue weighted by Crippen LogP contribution is -2.47. The topological polar surface area (TPSA) is 58.4 Å². The van der Waals surface area contributed by atoms with E-state index in [0.717, 1.165) is 4.90 Å². The molecule has 0 saturated heterocycles. The monoisotopic (exact) mass is 213 g/mol. The van der Waals surface area contributed by atoms with Crippen LogP contribution in [0.15, 0.2) is 0 Å². The summed E-state index contributed by atoms with van der Waals surface area (Å²) in [5.74, 6) is 0. The van der Waals surface area contributed by atoms with Crippen molar-refractivity contribution in [3.8, 4) is 0 Å². The summed E-state index contributed by atoms with van der Waals surface area (Å²) in [5.41, 5.74) is 5.25. The van der Waals surface area contributed by atoms with E-state index in [4.69, 9.17) is 5.73 Å². The van der Waals surface area contributed by atoms with Gasteiger partial charge >= 0.3 is 12.2 Å². The first-order chi connectivity index (χ1) is 6.28. The highest BCUT2D eigenvalue weighted by Gasteiger charge is 2.28. The Bertz CT molecular complexity index is 195. The Hall–Kier alpha value is -0.980. The van der Waals surface area contributed by atoms with E-state index in [1.54, 1.807) is 12.2 Å². The van der Waals surface area contributed by atoms with E-state index in [9.17, 15) is 18.0 Å². The Kier molecular flexibility index (Phi) is 4.69. The largest absolute Gasteiger partial charge is 0.405 e. The molecule has 3 N–H and O–H groups in total. The second-order valence-corrected chi connectivity index (χ2v) is 2.97. The maximum Gasteiger partial charge on any atom is 0.405 e. The van der Waals surface area contributed by atoms with Crippen molar-refractivity contribution in [1.29, 1.82) is 0 Å². The molecule has 0 aromatic rings. The smallest absolute Gasteiger partial charge is 0.329 e. The van der Waals surface area contributed by atoms with Crippen molar-refractivity contribution >= 4 is 6.03 Å². The Morgan fingerprint density at radius 3 is 2.43 bits per heavy atom. The molecule has 14 heavy (non-hydrogen) atoms. The van der Waals surface area contributed by atoms with Crippen molar-refractivity contribution in [3.63, 3.8) is 0 Å². The SMILES string of the molecule is CC(CN)N(C)C(=O)NCC(F)(F)F. The van der Waals surface area contributed by atoms with Gasteiger partial charge in [0.25, 0.3) is 0 Å². The van der Waals surface area contributed by atoms with Crippen LogP contribution in [0.2, 0.25) is 0 Å². The number of hydrogen-bond donors (Lipinski definition) is 2. The van der Waals surface area contributed by atoms with Gasteiger partial charge in [-0.1, -0.05) is 0 Å². The number of nitrogens with one attached hydrogen (secondary N) is 1. The molecule has 0 aliphatic heterocycles.